The number of aromatic nitrogens is 3. The van der Waals surface area contributed by atoms with Gasteiger partial charge in [-0.3, -0.25) is 4.98 Å². The SMILES string of the molecule is NCc1cc(-c2nc3c(F)cccc3n2C2CC2)ccn1. The third-order valence-corrected chi connectivity index (χ3v) is 3.87. The van der Waals surface area contributed by atoms with E-state index < -0.39 is 0 Å². The molecule has 2 aromatic heterocycles. The zero-order valence-electron chi connectivity index (χ0n) is 11.5. The molecule has 106 valence electrons. The first-order valence-corrected chi connectivity index (χ1v) is 7.10. The van der Waals surface area contributed by atoms with E-state index in [-0.39, 0.29) is 5.82 Å². The molecule has 2 N–H and O–H groups in total. The minimum absolute atomic E-state index is 0.277. The zero-order valence-corrected chi connectivity index (χ0v) is 11.5. The van der Waals surface area contributed by atoms with Crippen molar-refractivity contribution >= 4 is 11.0 Å². The van der Waals surface area contributed by atoms with Crippen molar-refractivity contribution in [2.45, 2.75) is 25.4 Å². The van der Waals surface area contributed by atoms with Crippen LogP contribution in [0.2, 0.25) is 0 Å². The predicted octanol–water partition coefficient (Wildman–Crippen LogP) is 3.03. The summed E-state index contributed by atoms with van der Waals surface area (Å²) < 4.78 is 16.2. The lowest BCUT2D eigenvalue weighted by Gasteiger charge is -2.08. The van der Waals surface area contributed by atoms with Gasteiger partial charge in [0.05, 0.1) is 11.2 Å². The number of rotatable bonds is 3. The first-order valence-electron chi connectivity index (χ1n) is 7.10. The van der Waals surface area contributed by atoms with Crippen LogP contribution in [0.3, 0.4) is 0 Å². The number of hydrogen-bond acceptors (Lipinski definition) is 3. The summed E-state index contributed by atoms with van der Waals surface area (Å²) in [5.74, 6) is 0.524. The Morgan fingerprint density at radius 1 is 1.29 bits per heavy atom. The van der Waals surface area contributed by atoms with E-state index in [2.05, 4.69) is 14.5 Å². The fourth-order valence-electron chi connectivity index (χ4n) is 2.72. The van der Waals surface area contributed by atoms with E-state index in [4.69, 9.17) is 5.73 Å². The topological polar surface area (TPSA) is 56.7 Å². The van der Waals surface area contributed by atoms with Crippen molar-refractivity contribution in [3.8, 4) is 11.4 Å². The van der Waals surface area contributed by atoms with Gasteiger partial charge in [-0.2, -0.15) is 0 Å². The Morgan fingerprint density at radius 3 is 2.90 bits per heavy atom. The molecule has 0 saturated heterocycles. The van der Waals surface area contributed by atoms with Crippen molar-refractivity contribution in [1.82, 2.24) is 14.5 Å². The molecule has 0 spiro atoms. The van der Waals surface area contributed by atoms with Crippen LogP contribution in [0.5, 0.6) is 0 Å². The van der Waals surface area contributed by atoms with Gasteiger partial charge in [-0.25, -0.2) is 9.37 Å². The first-order chi connectivity index (χ1) is 10.3. The van der Waals surface area contributed by atoms with E-state index in [1.165, 1.54) is 6.07 Å². The van der Waals surface area contributed by atoms with Crippen LogP contribution in [0.15, 0.2) is 36.5 Å². The highest BCUT2D eigenvalue weighted by molar-refractivity contribution is 5.81. The van der Waals surface area contributed by atoms with Gasteiger partial charge in [-0.15, -0.1) is 0 Å². The Balaban J connectivity index is 1.99. The molecule has 1 fully saturated rings. The third-order valence-electron chi connectivity index (χ3n) is 3.87. The Morgan fingerprint density at radius 2 is 2.14 bits per heavy atom. The molecule has 0 unspecified atom stereocenters. The molecule has 4 rings (SSSR count). The molecule has 0 amide bonds. The maximum atomic E-state index is 14.0. The van der Waals surface area contributed by atoms with Crippen LogP contribution in [0.25, 0.3) is 22.4 Å². The van der Waals surface area contributed by atoms with Gasteiger partial charge < -0.3 is 10.3 Å². The number of benzene rings is 1. The molecule has 5 heteroatoms. The second kappa shape index (κ2) is 4.63. The van der Waals surface area contributed by atoms with Gasteiger partial charge >= 0.3 is 0 Å². The van der Waals surface area contributed by atoms with Gasteiger partial charge in [0.2, 0.25) is 0 Å². The number of nitrogens with zero attached hydrogens (tertiary/aromatic N) is 3. The summed E-state index contributed by atoms with van der Waals surface area (Å²) in [5, 5.41) is 0. The second-order valence-electron chi connectivity index (χ2n) is 5.38. The van der Waals surface area contributed by atoms with Crippen molar-refractivity contribution < 1.29 is 4.39 Å². The molecule has 1 aromatic carbocycles. The lowest BCUT2D eigenvalue weighted by Crippen LogP contribution is -2.01. The highest BCUT2D eigenvalue weighted by Gasteiger charge is 2.29. The second-order valence-corrected chi connectivity index (χ2v) is 5.38. The molecule has 3 aromatic rings. The summed E-state index contributed by atoms with van der Waals surface area (Å²) in [7, 11) is 0. The Bertz CT molecular complexity index is 820. The molecule has 1 aliphatic carbocycles. The Hall–Kier alpha value is -2.27. The van der Waals surface area contributed by atoms with Gasteiger partial charge in [0.15, 0.2) is 5.82 Å². The van der Waals surface area contributed by atoms with Crippen LogP contribution in [0.1, 0.15) is 24.6 Å². The third kappa shape index (κ3) is 2.01. The summed E-state index contributed by atoms with van der Waals surface area (Å²) in [6, 6.07) is 9.36. The monoisotopic (exact) mass is 282 g/mol. The van der Waals surface area contributed by atoms with Gasteiger partial charge in [0.1, 0.15) is 11.3 Å². The van der Waals surface area contributed by atoms with Crippen molar-refractivity contribution in [3.05, 3.63) is 48.0 Å². The zero-order chi connectivity index (χ0) is 14.4. The van der Waals surface area contributed by atoms with E-state index in [1.54, 1.807) is 12.3 Å². The summed E-state index contributed by atoms with van der Waals surface area (Å²) in [6.45, 7) is 0.381. The molecule has 1 saturated carbocycles. The van der Waals surface area contributed by atoms with Crippen LogP contribution in [-0.4, -0.2) is 14.5 Å². The van der Waals surface area contributed by atoms with Gasteiger partial charge in [-0.05, 0) is 37.1 Å². The molecule has 2 heterocycles. The maximum absolute atomic E-state index is 14.0. The Labute approximate surface area is 121 Å². The molecule has 4 nitrogen and oxygen atoms in total. The average molecular weight is 282 g/mol. The minimum Gasteiger partial charge on any atom is -0.325 e. The van der Waals surface area contributed by atoms with E-state index in [0.717, 1.165) is 35.4 Å². The van der Waals surface area contributed by atoms with Gasteiger partial charge in [0, 0.05) is 24.3 Å². The van der Waals surface area contributed by atoms with Crippen LogP contribution >= 0.6 is 0 Å². The maximum Gasteiger partial charge on any atom is 0.151 e. The van der Waals surface area contributed by atoms with E-state index in [9.17, 15) is 4.39 Å². The van der Waals surface area contributed by atoms with Gasteiger partial charge in [-0.1, -0.05) is 6.07 Å². The molecule has 0 aliphatic heterocycles. The van der Waals surface area contributed by atoms with E-state index in [1.807, 2.05) is 18.2 Å². The fraction of sp³-hybridized carbons (Fsp3) is 0.250. The van der Waals surface area contributed by atoms with Crippen LogP contribution in [0.4, 0.5) is 4.39 Å². The van der Waals surface area contributed by atoms with E-state index >= 15 is 0 Å². The van der Waals surface area contributed by atoms with Crippen molar-refractivity contribution in [3.63, 3.8) is 0 Å². The van der Waals surface area contributed by atoms with Crippen molar-refractivity contribution in [2.24, 2.45) is 5.73 Å². The fourth-order valence-corrected chi connectivity index (χ4v) is 2.72. The summed E-state index contributed by atoms with van der Waals surface area (Å²) in [5.41, 5.74) is 8.70. The lowest BCUT2D eigenvalue weighted by molar-refractivity contribution is 0.637. The minimum atomic E-state index is -0.277. The number of para-hydroxylation sites is 1. The predicted molar refractivity (Wildman–Crippen MR) is 79.1 cm³/mol. The largest absolute Gasteiger partial charge is 0.325 e. The standard InChI is InChI=1S/C16H15FN4/c17-13-2-1-3-14-15(13)20-16(21(14)12-4-5-12)10-6-7-19-11(8-10)9-18/h1-3,6-8,12H,4-5,9,18H2. The molecule has 1 aliphatic rings. The van der Waals surface area contributed by atoms with Crippen LogP contribution in [0, 0.1) is 5.82 Å². The highest BCUT2D eigenvalue weighted by atomic mass is 19.1. The molecule has 0 radical (unpaired) electrons. The van der Waals surface area contributed by atoms with Crippen LogP contribution in [-0.2, 0) is 6.54 Å². The molecule has 0 atom stereocenters. The number of imidazole rings is 1. The number of nitrogens with two attached hydrogens (primary N) is 1. The van der Waals surface area contributed by atoms with Crippen molar-refractivity contribution in [2.75, 3.05) is 0 Å². The normalized spacial score (nSPS) is 14.8. The summed E-state index contributed by atoms with van der Waals surface area (Å²) in [4.78, 5) is 8.75. The number of hydrogen-bond donors (Lipinski definition) is 1. The summed E-state index contributed by atoms with van der Waals surface area (Å²) >= 11 is 0. The number of fused-ring (bicyclic) bond motifs is 1. The smallest absolute Gasteiger partial charge is 0.151 e. The molecule has 21 heavy (non-hydrogen) atoms. The Kier molecular flexibility index (Phi) is 2.75. The first kappa shape index (κ1) is 12.5. The molecule has 0 bridgehead atoms. The van der Waals surface area contributed by atoms with Crippen LogP contribution < -0.4 is 5.73 Å². The number of pyridine rings is 1. The van der Waals surface area contributed by atoms with E-state index in [0.29, 0.717) is 18.1 Å². The molecular weight excluding hydrogens is 267 g/mol. The quantitative estimate of drug-likeness (QED) is 0.803. The lowest BCUT2D eigenvalue weighted by atomic mass is 10.2. The highest BCUT2D eigenvalue weighted by Crippen LogP contribution is 2.41. The summed E-state index contributed by atoms with van der Waals surface area (Å²) in [6.07, 6.45) is 3.96. The number of halogens is 1. The average Bonchev–Trinajstić information content (AvgIpc) is 3.27. The van der Waals surface area contributed by atoms with Gasteiger partial charge in [0.25, 0.3) is 0 Å². The molecular formula is C16H15FN4. The van der Waals surface area contributed by atoms with Crippen molar-refractivity contribution in [1.29, 1.82) is 0 Å².